The number of primary amides is 1. The molecule has 1 saturated heterocycles. The molecule has 2 aromatic heterocycles. The van der Waals surface area contributed by atoms with Gasteiger partial charge >= 0.3 is 0 Å². The molecule has 0 aliphatic carbocycles. The molecule has 2 N–H and O–H groups in total. The topological polar surface area (TPSA) is 98.1 Å². The number of carbonyl (C=O) groups is 1. The summed E-state index contributed by atoms with van der Waals surface area (Å²) in [5.74, 6) is -0.321. The highest BCUT2D eigenvalue weighted by Crippen LogP contribution is 2.33. The van der Waals surface area contributed by atoms with Gasteiger partial charge in [-0.1, -0.05) is 16.8 Å². The van der Waals surface area contributed by atoms with Crippen LogP contribution in [0.4, 0.5) is 0 Å². The van der Waals surface area contributed by atoms with Crippen LogP contribution in [-0.2, 0) is 6.54 Å². The van der Waals surface area contributed by atoms with E-state index in [-0.39, 0.29) is 11.9 Å². The molecule has 1 atom stereocenters. The summed E-state index contributed by atoms with van der Waals surface area (Å²) in [4.78, 5) is 22.4. The molecule has 0 aromatic carbocycles. The van der Waals surface area contributed by atoms with Crippen molar-refractivity contribution in [1.82, 2.24) is 20.0 Å². The molecule has 0 unspecified atom stereocenters. The number of halogens is 1. The number of thiazole rings is 1. The molecule has 1 amide bonds. The minimum Gasteiger partial charge on any atom is -0.363 e. The zero-order chi connectivity index (χ0) is 14.1. The number of hydrogen-bond donors (Lipinski definition) is 1. The molecule has 0 saturated carbocycles. The largest absolute Gasteiger partial charge is 0.363 e. The van der Waals surface area contributed by atoms with Crippen molar-refractivity contribution in [3.8, 4) is 0 Å². The molecule has 3 heterocycles. The highest BCUT2D eigenvalue weighted by molar-refractivity contribution is 7.15. The number of amides is 1. The lowest BCUT2D eigenvalue weighted by atomic mass is 10.2. The predicted molar refractivity (Wildman–Crippen MR) is 72.3 cm³/mol. The van der Waals surface area contributed by atoms with Crippen LogP contribution in [0.15, 0.2) is 10.7 Å². The van der Waals surface area contributed by atoms with Gasteiger partial charge in [-0.2, -0.15) is 4.98 Å². The van der Waals surface area contributed by atoms with E-state index in [4.69, 9.17) is 21.9 Å². The molecule has 3 rings (SSSR count). The Morgan fingerprint density at radius 3 is 3.15 bits per heavy atom. The normalized spacial score (nSPS) is 19.6. The van der Waals surface area contributed by atoms with Gasteiger partial charge in [0.25, 0.3) is 11.7 Å². The van der Waals surface area contributed by atoms with Crippen LogP contribution in [0.1, 0.15) is 40.3 Å². The molecule has 1 fully saturated rings. The highest BCUT2D eigenvalue weighted by Gasteiger charge is 2.31. The van der Waals surface area contributed by atoms with Crippen molar-refractivity contribution in [2.45, 2.75) is 25.4 Å². The number of carbonyl (C=O) groups excluding carboxylic acids is 1. The second-order valence-corrected chi connectivity index (χ2v) is 6.23. The Labute approximate surface area is 123 Å². The van der Waals surface area contributed by atoms with Crippen molar-refractivity contribution >= 4 is 28.8 Å². The van der Waals surface area contributed by atoms with E-state index in [0.717, 1.165) is 30.8 Å². The maximum atomic E-state index is 11.0. The monoisotopic (exact) mass is 313 g/mol. The van der Waals surface area contributed by atoms with Gasteiger partial charge in [-0.05, 0) is 19.4 Å². The Bertz CT molecular complexity index is 628. The Balaban J connectivity index is 1.76. The zero-order valence-corrected chi connectivity index (χ0v) is 12.0. The third-order valence-electron chi connectivity index (χ3n) is 3.20. The van der Waals surface area contributed by atoms with Gasteiger partial charge in [-0.25, -0.2) is 4.98 Å². The molecule has 7 nitrogen and oxygen atoms in total. The smallest absolute Gasteiger partial charge is 0.290 e. The molecule has 0 radical (unpaired) electrons. The Kier molecular flexibility index (Phi) is 3.68. The Morgan fingerprint density at radius 1 is 1.65 bits per heavy atom. The van der Waals surface area contributed by atoms with Crippen molar-refractivity contribution in [1.29, 1.82) is 0 Å². The van der Waals surface area contributed by atoms with Gasteiger partial charge in [0.05, 0.1) is 6.04 Å². The maximum absolute atomic E-state index is 11.0. The van der Waals surface area contributed by atoms with E-state index < -0.39 is 5.91 Å². The average Bonchev–Trinajstić information content (AvgIpc) is 3.10. The fraction of sp³-hybridized carbons (Fsp3) is 0.455. The van der Waals surface area contributed by atoms with Crippen LogP contribution in [0.25, 0.3) is 0 Å². The summed E-state index contributed by atoms with van der Waals surface area (Å²) in [5, 5.41) is 3.59. The van der Waals surface area contributed by atoms with E-state index in [9.17, 15) is 4.79 Å². The molecule has 20 heavy (non-hydrogen) atoms. The molecular weight excluding hydrogens is 302 g/mol. The fourth-order valence-corrected chi connectivity index (χ4v) is 3.33. The second kappa shape index (κ2) is 5.47. The molecular formula is C11H12ClN5O2S. The predicted octanol–water partition coefficient (Wildman–Crippen LogP) is 1.62. The quantitative estimate of drug-likeness (QED) is 0.921. The minimum atomic E-state index is -0.682. The summed E-state index contributed by atoms with van der Waals surface area (Å²) in [6, 6.07) is 0.0106. The van der Waals surface area contributed by atoms with Crippen LogP contribution in [0, 0.1) is 0 Å². The number of hydrogen-bond acceptors (Lipinski definition) is 7. The number of likely N-dealkylation sites (tertiary alicyclic amines) is 1. The van der Waals surface area contributed by atoms with E-state index in [0.29, 0.717) is 10.4 Å². The van der Waals surface area contributed by atoms with Gasteiger partial charge in [-0.3, -0.25) is 9.69 Å². The summed E-state index contributed by atoms with van der Waals surface area (Å²) < 4.78 is 5.67. The summed E-state index contributed by atoms with van der Waals surface area (Å²) >= 11 is 7.29. The summed E-state index contributed by atoms with van der Waals surface area (Å²) in [7, 11) is 0. The van der Waals surface area contributed by atoms with Crippen LogP contribution >= 0.6 is 22.9 Å². The van der Waals surface area contributed by atoms with Gasteiger partial charge in [0, 0.05) is 17.6 Å². The lowest BCUT2D eigenvalue weighted by molar-refractivity contribution is 0.0987. The number of nitrogens with zero attached hydrogens (tertiary/aromatic N) is 4. The molecule has 0 spiro atoms. The molecule has 0 bridgehead atoms. The van der Waals surface area contributed by atoms with Gasteiger partial charge in [-0.15, -0.1) is 11.3 Å². The van der Waals surface area contributed by atoms with Crippen LogP contribution in [0.2, 0.25) is 4.47 Å². The summed E-state index contributed by atoms with van der Waals surface area (Å²) in [6.45, 7) is 1.65. The first-order chi connectivity index (χ1) is 9.63. The van der Waals surface area contributed by atoms with Crippen molar-refractivity contribution in [3.05, 3.63) is 27.3 Å². The minimum absolute atomic E-state index is 0.0106. The molecule has 9 heteroatoms. The van der Waals surface area contributed by atoms with Crippen LogP contribution in [0.3, 0.4) is 0 Å². The van der Waals surface area contributed by atoms with Crippen molar-refractivity contribution < 1.29 is 9.32 Å². The number of nitrogens with two attached hydrogens (primary N) is 1. The van der Waals surface area contributed by atoms with E-state index in [2.05, 4.69) is 20.0 Å². The van der Waals surface area contributed by atoms with Crippen LogP contribution in [0.5, 0.6) is 0 Å². The first-order valence-electron chi connectivity index (χ1n) is 6.11. The van der Waals surface area contributed by atoms with E-state index in [1.807, 2.05) is 0 Å². The van der Waals surface area contributed by atoms with E-state index >= 15 is 0 Å². The number of aromatic nitrogens is 3. The van der Waals surface area contributed by atoms with Crippen LogP contribution < -0.4 is 5.73 Å². The first-order valence-corrected chi connectivity index (χ1v) is 7.30. The molecule has 1 aliphatic heterocycles. The summed E-state index contributed by atoms with van der Waals surface area (Å²) in [6.07, 6.45) is 3.71. The van der Waals surface area contributed by atoms with Gasteiger partial charge in [0.2, 0.25) is 5.89 Å². The van der Waals surface area contributed by atoms with Crippen LogP contribution in [-0.4, -0.2) is 32.5 Å². The highest BCUT2D eigenvalue weighted by atomic mass is 35.5. The summed E-state index contributed by atoms with van der Waals surface area (Å²) in [5.41, 5.74) is 5.13. The Hall–Kier alpha value is -1.51. The molecule has 2 aromatic rings. The lowest BCUT2D eigenvalue weighted by Crippen LogP contribution is -2.22. The van der Waals surface area contributed by atoms with E-state index in [1.54, 1.807) is 6.20 Å². The van der Waals surface area contributed by atoms with E-state index in [1.165, 1.54) is 11.3 Å². The number of rotatable bonds is 4. The SMILES string of the molecule is NC(=O)c1noc([C@H]2CCCN2Cc2cnc(Cl)s2)n1. The zero-order valence-electron chi connectivity index (χ0n) is 10.5. The van der Waals surface area contributed by atoms with Gasteiger partial charge in [0.1, 0.15) is 0 Å². The standard InChI is InChI=1S/C11H12ClN5O2S/c12-11-14-4-6(20-11)5-17-3-1-2-7(17)10-15-9(8(13)18)16-19-10/h4,7H,1-3,5H2,(H2,13,18)/t7-/m1/s1. The fourth-order valence-electron chi connectivity index (χ4n) is 2.32. The van der Waals surface area contributed by atoms with Crippen molar-refractivity contribution in [2.24, 2.45) is 5.73 Å². The van der Waals surface area contributed by atoms with Gasteiger partial charge in [0.15, 0.2) is 4.47 Å². The van der Waals surface area contributed by atoms with Crippen molar-refractivity contribution in [2.75, 3.05) is 6.54 Å². The lowest BCUT2D eigenvalue weighted by Gasteiger charge is -2.20. The third kappa shape index (κ3) is 2.67. The maximum Gasteiger partial charge on any atom is 0.290 e. The van der Waals surface area contributed by atoms with Crippen molar-refractivity contribution in [3.63, 3.8) is 0 Å². The van der Waals surface area contributed by atoms with Gasteiger partial charge < -0.3 is 10.3 Å². The second-order valence-electron chi connectivity index (χ2n) is 4.53. The molecule has 1 aliphatic rings. The Morgan fingerprint density at radius 2 is 2.50 bits per heavy atom. The average molecular weight is 314 g/mol. The third-order valence-corrected chi connectivity index (χ3v) is 4.29. The first kappa shape index (κ1) is 13.5. The molecule has 106 valence electrons.